The molecule has 7 nitrogen and oxygen atoms in total. The minimum absolute atomic E-state index is 0.00802. The highest BCUT2D eigenvalue weighted by molar-refractivity contribution is 6.37. The first kappa shape index (κ1) is 21.4. The van der Waals surface area contributed by atoms with Crippen LogP contribution in [-0.2, 0) is 14.3 Å². The average Bonchev–Trinajstić information content (AvgIpc) is 3.44. The molecule has 0 aromatic heterocycles. The second kappa shape index (κ2) is 7.41. The molecule has 8 heteroatoms. The Bertz CT molecular complexity index is 1400. The Morgan fingerprint density at radius 2 is 1.43 bits per heavy atom. The first-order chi connectivity index (χ1) is 16.9. The number of halogens is 1. The number of fused-ring (bicyclic) bond motifs is 3. The lowest BCUT2D eigenvalue weighted by atomic mass is 9.77. The van der Waals surface area contributed by atoms with Crippen molar-refractivity contribution in [1.29, 1.82) is 0 Å². The number of imide groups is 1. The normalized spacial score (nSPS) is 24.3. The largest absolute Gasteiger partial charge is 0.497 e. The maximum atomic E-state index is 14.9. The number of methoxy groups -OCH3 is 1. The van der Waals surface area contributed by atoms with E-state index in [-0.39, 0.29) is 22.4 Å². The van der Waals surface area contributed by atoms with Crippen molar-refractivity contribution in [3.8, 4) is 5.75 Å². The third-order valence-electron chi connectivity index (χ3n) is 7.06. The molecule has 6 rings (SSSR count). The first-order valence-corrected chi connectivity index (χ1v) is 11.0. The highest BCUT2D eigenvalue weighted by atomic mass is 19.1. The van der Waals surface area contributed by atoms with Crippen LogP contribution in [0.25, 0.3) is 0 Å². The number of Topliss-reactive ketones (excluding diaryl/α,β-unsaturated/α-hetero) is 2. The van der Waals surface area contributed by atoms with Crippen molar-refractivity contribution in [3.63, 3.8) is 0 Å². The van der Waals surface area contributed by atoms with Gasteiger partial charge in [-0.05, 0) is 30.3 Å². The number of carbonyl (C=O) groups excluding carboxylic acids is 4. The van der Waals surface area contributed by atoms with Gasteiger partial charge in [0.2, 0.25) is 29.0 Å². The molecule has 0 N–H and O–H groups in total. The fourth-order valence-corrected chi connectivity index (χ4v) is 5.49. The van der Waals surface area contributed by atoms with E-state index in [1.807, 2.05) is 0 Å². The van der Waals surface area contributed by atoms with Crippen molar-refractivity contribution >= 4 is 29.1 Å². The Balaban J connectivity index is 1.54. The molecule has 0 bridgehead atoms. The van der Waals surface area contributed by atoms with Crippen LogP contribution in [0.1, 0.15) is 32.4 Å². The van der Waals surface area contributed by atoms with Crippen LogP contribution in [0.5, 0.6) is 5.75 Å². The van der Waals surface area contributed by atoms with Gasteiger partial charge < -0.3 is 9.47 Å². The third-order valence-corrected chi connectivity index (χ3v) is 7.06. The molecule has 2 saturated heterocycles. The zero-order valence-corrected chi connectivity index (χ0v) is 18.4. The summed E-state index contributed by atoms with van der Waals surface area (Å²) in [4.78, 5) is 55.8. The molecule has 35 heavy (non-hydrogen) atoms. The highest BCUT2D eigenvalue weighted by Gasteiger charge is 2.75. The number of anilines is 1. The molecular formula is C27H18FNO6. The second-order valence-electron chi connectivity index (χ2n) is 8.71. The molecular weight excluding hydrogens is 453 g/mol. The number of amides is 2. The number of ether oxygens (including phenoxy) is 2. The van der Waals surface area contributed by atoms with Crippen molar-refractivity contribution in [3.05, 3.63) is 95.3 Å². The van der Waals surface area contributed by atoms with E-state index < -0.39 is 52.7 Å². The third kappa shape index (κ3) is 2.68. The Morgan fingerprint density at radius 3 is 2.03 bits per heavy atom. The van der Waals surface area contributed by atoms with Crippen LogP contribution < -0.4 is 9.64 Å². The van der Waals surface area contributed by atoms with Crippen LogP contribution in [0.4, 0.5) is 10.1 Å². The molecule has 0 radical (unpaired) electrons. The first-order valence-electron chi connectivity index (χ1n) is 11.0. The smallest absolute Gasteiger partial charge is 0.241 e. The number of nitrogens with zero attached hydrogens (tertiary/aromatic N) is 1. The molecule has 2 amide bonds. The van der Waals surface area contributed by atoms with Crippen LogP contribution in [0, 0.1) is 17.7 Å². The number of carbonyl (C=O) groups is 4. The SMILES string of the molecule is COc1ccc(N2C(=O)[C@@H]3[C@@H](c4ccccc4F)OC4(C(=O)c5ccccc5C4=O)[C@H]3C2=O)cc1. The highest BCUT2D eigenvalue weighted by Crippen LogP contribution is 2.58. The molecule has 2 fully saturated rings. The minimum atomic E-state index is -2.24. The van der Waals surface area contributed by atoms with Gasteiger partial charge in [0.05, 0.1) is 30.7 Å². The number of rotatable bonds is 3. The van der Waals surface area contributed by atoms with Crippen LogP contribution >= 0.6 is 0 Å². The molecule has 174 valence electrons. The van der Waals surface area contributed by atoms with E-state index in [9.17, 15) is 23.6 Å². The van der Waals surface area contributed by atoms with Crippen molar-refractivity contribution in [2.24, 2.45) is 11.8 Å². The minimum Gasteiger partial charge on any atom is -0.497 e. The molecule has 2 heterocycles. The summed E-state index contributed by atoms with van der Waals surface area (Å²) in [7, 11) is 1.49. The Kier molecular flexibility index (Phi) is 4.53. The van der Waals surface area contributed by atoms with Gasteiger partial charge in [-0.2, -0.15) is 0 Å². The van der Waals surface area contributed by atoms with Crippen LogP contribution in [-0.4, -0.2) is 36.1 Å². The van der Waals surface area contributed by atoms with E-state index in [2.05, 4.69) is 0 Å². The van der Waals surface area contributed by atoms with Gasteiger partial charge in [-0.15, -0.1) is 0 Å². The van der Waals surface area contributed by atoms with Crippen molar-refractivity contribution in [2.75, 3.05) is 12.0 Å². The lowest BCUT2D eigenvalue weighted by Gasteiger charge is -2.27. The summed E-state index contributed by atoms with van der Waals surface area (Å²) < 4.78 is 26.1. The zero-order valence-electron chi connectivity index (χ0n) is 18.4. The fraction of sp³-hybridized carbons (Fsp3) is 0.185. The van der Waals surface area contributed by atoms with Gasteiger partial charge in [0.25, 0.3) is 0 Å². The average molecular weight is 471 g/mol. The Labute approximate surface area is 199 Å². The van der Waals surface area contributed by atoms with Gasteiger partial charge in [-0.1, -0.05) is 42.5 Å². The van der Waals surface area contributed by atoms with Crippen LogP contribution in [0.2, 0.25) is 0 Å². The Morgan fingerprint density at radius 1 is 0.829 bits per heavy atom. The standard InChI is InChI=1S/C27H18FNO6/c1-34-15-12-10-14(11-13-15)29-25(32)20-21(26(29)33)27(35-22(20)18-8-4-5-9-19(18)28)23(30)16-6-2-3-7-17(16)24(27)31/h2-13,20-22H,1H3/t20-,21+,22+/m0/s1. The second-order valence-corrected chi connectivity index (χ2v) is 8.71. The topological polar surface area (TPSA) is 90.0 Å². The number of hydrogen-bond donors (Lipinski definition) is 0. The zero-order chi connectivity index (χ0) is 24.5. The molecule has 1 aliphatic carbocycles. The maximum absolute atomic E-state index is 14.9. The van der Waals surface area contributed by atoms with E-state index in [0.29, 0.717) is 5.75 Å². The van der Waals surface area contributed by atoms with E-state index in [0.717, 1.165) is 4.90 Å². The van der Waals surface area contributed by atoms with Gasteiger partial charge in [0, 0.05) is 16.7 Å². The molecule has 0 saturated carbocycles. The fourth-order valence-electron chi connectivity index (χ4n) is 5.49. The summed E-state index contributed by atoms with van der Waals surface area (Å²) in [6.45, 7) is 0. The monoisotopic (exact) mass is 471 g/mol. The molecule has 3 aromatic carbocycles. The van der Waals surface area contributed by atoms with E-state index in [1.165, 1.54) is 49.6 Å². The van der Waals surface area contributed by atoms with Crippen LogP contribution in [0.3, 0.4) is 0 Å². The molecule has 0 unspecified atom stereocenters. The molecule has 3 atom stereocenters. The van der Waals surface area contributed by atoms with Gasteiger partial charge >= 0.3 is 0 Å². The maximum Gasteiger partial charge on any atom is 0.241 e. The summed E-state index contributed by atoms with van der Waals surface area (Å²) in [5.74, 6) is -5.61. The lowest BCUT2D eigenvalue weighted by molar-refractivity contribution is -0.127. The Hall–Kier alpha value is -4.17. The number of ketones is 2. The summed E-state index contributed by atoms with van der Waals surface area (Å²) in [6, 6.07) is 18.1. The van der Waals surface area contributed by atoms with Crippen LogP contribution in [0.15, 0.2) is 72.8 Å². The van der Waals surface area contributed by atoms with E-state index >= 15 is 0 Å². The van der Waals surface area contributed by atoms with E-state index in [4.69, 9.17) is 9.47 Å². The predicted octanol–water partition coefficient (Wildman–Crippen LogP) is 3.53. The molecule has 3 aliphatic rings. The van der Waals surface area contributed by atoms with Crippen molar-refractivity contribution < 1.29 is 33.0 Å². The molecule has 2 aliphatic heterocycles. The summed E-state index contributed by atoms with van der Waals surface area (Å²) >= 11 is 0. The number of hydrogen-bond acceptors (Lipinski definition) is 6. The van der Waals surface area contributed by atoms with Gasteiger partial charge in [0.1, 0.15) is 11.6 Å². The van der Waals surface area contributed by atoms with Gasteiger partial charge in [0.15, 0.2) is 0 Å². The van der Waals surface area contributed by atoms with E-state index in [1.54, 1.807) is 30.3 Å². The van der Waals surface area contributed by atoms with Crippen molar-refractivity contribution in [2.45, 2.75) is 11.7 Å². The summed E-state index contributed by atoms with van der Waals surface area (Å²) in [5, 5.41) is 0. The van der Waals surface area contributed by atoms with Crippen molar-refractivity contribution in [1.82, 2.24) is 0 Å². The molecule has 1 spiro atoms. The summed E-state index contributed by atoms with van der Waals surface area (Å²) in [5.41, 5.74) is -1.74. The van der Waals surface area contributed by atoms with Gasteiger partial charge in [-0.3, -0.25) is 19.2 Å². The number of benzene rings is 3. The predicted molar refractivity (Wildman–Crippen MR) is 121 cm³/mol. The quantitative estimate of drug-likeness (QED) is 0.429. The van der Waals surface area contributed by atoms with Gasteiger partial charge in [-0.25, -0.2) is 9.29 Å². The molecule has 3 aromatic rings. The lowest BCUT2D eigenvalue weighted by Crippen LogP contribution is -2.51. The summed E-state index contributed by atoms with van der Waals surface area (Å²) in [6.07, 6.45) is -1.30.